The van der Waals surface area contributed by atoms with E-state index in [1.54, 1.807) is 6.07 Å². The maximum absolute atomic E-state index is 13.1. The molecule has 0 fully saturated rings. The van der Waals surface area contributed by atoms with Crippen molar-refractivity contribution >= 4 is 23.4 Å². The van der Waals surface area contributed by atoms with E-state index in [0.29, 0.717) is 4.90 Å². The first-order valence-corrected chi connectivity index (χ1v) is 6.25. The van der Waals surface area contributed by atoms with Crippen LogP contribution in [0.3, 0.4) is 0 Å². The van der Waals surface area contributed by atoms with Crippen molar-refractivity contribution in [2.45, 2.75) is 9.79 Å². The number of rotatable bonds is 4. The average molecular weight is 293 g/mol. The molecular weight excluding hydrogens is 285 g/mol. The number of nitrogens with zero attached hydrogens (tertiary/aromatic N) is 1. The van der Waals surface area contributed by atoms with E-state index in [1.807, 2.05) is 0 Å². The summed E-state index contributed by atoms with van der Waals surface area (Å²) in [6, 6.07) is 9.55. The van der Waals surface area contributed by atoms with Crippen LogP contribution in [0.5, 0.6) is 0 Å². The predicted octanol–water partition coefficient (Wildman–Crippen LogP) is 3.58. The van der Waals surface area contributed by atoms with Crippen molar-refractivity contribution in [3.05, 3.63) is 64.0 Å². The highest BCUT2D eigenvalue weighted by molar-refractivity contribution is 7.99. The van der Waals surface area contributed by atoms with Crippen molar-refractivity contribution in [2.75, 3.05) is 0 Å². The lowest BCUT2D eigenvalue weighted by molar-refractivity contribution is -0.388. The van der Waals surface area contributed by atoms with Gasteiger partial charge in [-0.15, -0.1) is 0 Å². The molecular formula is C13H8FNO4S. The van der Waals surface area contributed by atoms with Gasteiger partial charge in [-0.05, 0) is 30.3 Å². The van der Waals surface area contributed by atoms with Crippen molar-refractivity contribution in [3.8, 4) is 0 Å². The molecule has 0 atom stereocenters. The molecule has 0 radical (unpaired) electrons. The molecule has 2 rings (SSSR count). The molecule has 0 aliphatic rings. The van der Waals surface area contributed by atoms with E-state index in [-0.39, 0.29) is 4.90 Å². The van der Waals surface area contributed by atoms with E-state index in [0.717, 1.165) is 17.8 Å². The lowest BCUT2D eigenvalue weighted by atomic mass is 10.2. The number of para-hydroxylation sites is 1. The van der Waals surface area contributed by atoms with Gasteiger partial charge in [0.2, 0.25) is 0 Å². The van der Waals surface area contributed by atoms with Gasteiger partial charge in [-0.1, -0.05) is 23.9 Å². The van der Waals surface area contributed by atoms with Gasteiger partial charge in [0.1, 0.15) is 11.4 Å². The van der Waals surface area contributed by atoms with Crippen LogP contribution in [0, 0.1) is 15.9 Å². The number of hydrogen-bond acceptors (Lipinski definition) is 4. The van der Waals surface area contributed by atoms with Crippen LogP contribution in [-0.2, 0) is 0 Å². The largest absolute Gasteiger partial charge is 0.477 e. The molecule has 0 unspecified atom stereocenters. The number of hydrogen-bond donors (Lipinski definition) is 1. The third-order valence-electron chi connectivity index (χ3n) is 2.44. The number of benzene rings is 2. The molecule has 2 aromatic carbocycles. The van der Waals surface area contributed by atoms with Crippen molar-refractivity contribution in [3.63, 3.8) is 0 Å². The Morgan fingerprint density at radius 3 is 2.55 bits per heavy atom. The Hall–Kier alpha value is -2.41. The van der Waals surface area contributed by atoms with Crippen molar-refractivity contribution in [2.24, 2.45) is 0 Å². The van der Waals surface area contributed by atoms with Crippen LogP contribution in [0.4, 0.5) is 10.1 Å². The van der Waals surface area contributed by atoms with Crippen LogP contribution in [0.25, 0.3) is 0 Å². The van der Waals surface area contributed by atoms with E-state index in [1.165, 1.54) is 30.3 Å². The number of nitro benzene ring substituents is 1. The normalized spacial score (nSPS) is 10.2. The molecule has 0 bridgehead atoms. The molecule has 0 saturated carbocycles. The van der Waals surface area contributed by atoms with E-state index in [2.05, 4.69) is 0 Å². The summed E-state index contributed by atoms with van der Waals surface area (Å²) in [5, 5.41) is 20.0. The maximum atomic E-state index is 13.1. The lowest BCUT2D eigenvalue weighted by Gasteiger charge is -2.05. The van der Waals surface area contributed by atoms with E-state index < -0.39 is 28.0 Å². The van der Waals surface area contributed by atoms with Gasteiger partial charge in [0.15, 0.2) is 0 Å². The zero-order chi connectivity index (χ0) is 14.7. The SMILES string of the molecule is O=C(O)c1cccc(Sc2cccc(F)c2)c1[N+](=O)[O-]. The van der Waals surface area contributed by atoms with Gasteiger partial charge in [-0.3, -0.25) is 10.1 Å². The average Bonchev–Trinajstić information content (AvgIpc) is 2.38. The summed E-state index contributed by atoms with van der Waals surface area (Å²) >= 11 is 0.943. The van der Waals surface area contributed by atoms with Gasteiger partial charge >= 0.3 is 5.97 Å². The first-order chi connectivity index (χ1) is 9.49. The summed E-state index contributed by atoms with van der Waals surface area (Å²) in [5.41, 5.74) is -0.884. The number of carboxylic acids is 1. The summed E-state index contributed by atoms with van der Waals surface area (Å²) in [7, 11) is 0. The molecule has 102 valence electrons. The second-order valence-corrected chi connectivity index (χ2v) is 4.89. The molecule has 7 heteroatoms. The highest BCUT2D eigenvalue weighted by atomic mass is 32.2. The molecule has 2 aromatic rings. The molecule has 0 spiro atoms. The number of carbonyl (C=O) groups is 1. The molecule has 0 aliphatic carbocycles. The van der Waals surface area contributed by atoms with Gasteiger partial charge < -0.3 is 5.11 Å². The minimum Gasteiger partial charge on any atom is -0.477 e. The standard InChI is InChI=1S/C13H8FNO4S/c14-8-3-1-4-9(7-8)20-11-6-2-5-10(13(16)17)12(11)15(18)19/h1-7H,(H,16,17). The number of nitro groups is 1. The van der Waals surface area contributed by atoms with Gasteiger partial charge in [0, 0.05) is 4.90 Å². The molecule has 0 aromatic heterocycles. The van der Waals surface area contributed by atoms with E-state index >= 15 is 0 Å². The Kier molecular flexibility index (Phi) is 3.99. The highest BCUT2D eigenvalue weighted by Crippen LogP contribution is 2.37. The first-order valence-electron chi connectivity index (χ1n) is 5.43. The molecule has 20 heavy (non-hydrogen) atoms. The molecule has 0 heterocycles. The third-order valence-corrected chi connectivity index (χ3v) is 3.47. The lowest BCUT2D eigenvalue weighted by Crippen LogP contribution is -2.03. The predicted molar refractivity (Wildman–Crippen MR) is 70.6 cm³/mol. The fourth-order valence-corrected chi connectivity index (χ4v) is 2.62. The van der Waals surface area contributed by atoms with Crippen LogP contribution in [0.2, 0.25) is 0 Å². The zero-order valence-electron chi connectivity index (χ0n) is 9.95. The van der Waals surface area contributed by atoms with Crippen LogP contribution < -0.4 is 0 Å². The molecule has 0 aliphatic heterocycles. The van der Waals surface area contributed by atoms with Gasteiger partial charge in [-0.2, -0.15) is 0 Å². The topological polar surface area (TPSA) is 80.4 Å². The monoisotopic (exact) mass is 293 g/mol. The summed E-state index contributed by atoms with van der Waals surface area (Å²) in [4.78, 5) is 21.9. The van der Waals surface area contributed by atoms with Crippen LogP contribution >= 0.6 is 11.8 Å². The van der Waals surface area contributed by atoms with Gasteiger partial charge in [-0.25, -0.2) is 9.18 Å². The summed E-state index contributed by atoms with van der Waals surface area (Å²) in [5.74, 6) is -1.84. The Bertz CT molecular complexity index is 690. The quantitative estimate of drug-likeness (QED) is 0.688. The van der Waals surface area contributed by atoms with Crippen molar-refractivity contribution < 1.29 is 19.2 Å². The minimum atomic E-state index is -1.38. The molecule has 0 saturated heterocycles. The fourth-order valence-electron chi connectivity index (χ4n) is 1.62. The van der Waals surface area contributed by atoms with E-state index in [9.17, 15) is 19.3 Å². The zero-order valence-corrected chi connectivity index (χ0v) is 10.8. The smallest absolute Gasteiger partial charge is 0.342 e. The second-order valence-electron chi connectivity index (χ2n) is 3.77. The van der Waals surface area contributed by atoms with Gasteiger partial charge in [0.05, 0.1) is 9.82 Å². The maximum Gasteiger partial charge on any atom is 0.342 e. The Morgan fingerprint density at radius 1 is 1.25 bits per heavy atom. The van der Waals surface area contributed by atoms with Crippen molar-refractivity contribution in [1.29, 1.82) is 0 Å². The van der Waals surface area contributed by atoms with Crippen LogP contribution in [-0.4, -0.2) is 16.0 Å². The van der Waals surface area contributed by atoms with E-state index in [4.69, 9.17) is 5.11 Å². The summed E-state index contributed by atoms with van der Waals surface area (Å²) in [6.45, 7) is 0. The van der Waals surface area contributed by atoms with Crippen LogP contribution in [0.15, 0.2) is 52.3 Å². The summed E-state index contributed by atoms with van der Waals surface area (Å²) < 4.78 is 13.1. The van der Waals surface area contributed by atoms with Crippen LogP contribution in [0.1, 0.15) is 10.4 Å². The summed E-state index contributed by atoms with van der Waals surface area (Å²) in [6.07, 6.45) is 0. The number of aromatic carboxylic acids is 1. The minimum absolute atomic E-state index is 0.153. The fraction of sp³-hybridized carbons (Fsp3) is 0. The number of halogens is 1. The second kappa shape index (κ2) is 5.70. The molecule has 0 amide bonds. The third kappa shape index (κ3) is 2.94. The van der Waals surface area contributed by atoms with Gasteiger partial charge in [0.25, 0.3) is 5.69 Å². The Labute approximate surface area is 117 Å². The first kappa shape index (κ1) is 14.0. The Morgan fingerprint density at radius 2 is 1.95 bits per heavy atom. The molecule has 1 N–H and O–H groups in total. The van der Waals surface area contributed by atoms with Crippen molar-refractivity contribution in [1.82, 2.24) is 0 Å². The Balaban J connectivity index is 2.49. The highest BCUT2D eigenvalue weighted by Gasteiger charge is 2.24. The molecule has 5 nitrogen and oxygen atoms in total. The number of carboxylic acid groups (broad SMARTS) is 1.